The first-order valence-corrected chi connectivity index (χ1v) is 5.18. The molecule has 0 N–H and O–H groups in total. The molecule has 1 radical (unpaired) electrons. The fraction of sp³-hybridized carbons (Fsp3) is 0.154. The van der Waals surface area contributed by atoms with Crippen molar-refractivity contribution in [2.24, 2.45) is 0 Å². The third kappa shape index (κ3) is 2.87. The normalized spacial score (nSPS) is 9.94. The maximum Gasteiger partial charge on any atom is 0.341 e. The van der Waals surface area contributed by atoms with Crippen LogP contribution in [-0.2, 0) is 11.3 Å². The number of esters is 1. The fourth-order valence-corrected chi connectivity index (χ4v) is 1.35. The largest absolute Gasteiger partial charge is 0.457 e. The molecule has 4 heteroatoms. The smallest absolute Gasteiger partial charge is 0.341 e. The number of hydrogen-bond acceptors (Lipinski definition) is 4. The Hall–Kier alpha value is -2.23. The van der Waals surface area contributed by atoms with Crippen molar-refractivity contribution in [3.8, 4) is 0 Å². The predicted molar refractivity (Wildman–Crippen MR) is 61.2 cm³/mol. The van der Waals surface area contributed by atoms with Crippen molar-refractivity contribution >= 4 is 5.97 Å². The third-order valence-corrected chi connectivity index (χ3v) is 2.29. The van der Waals surface area contributed by atoms with Crippen LogP contribution in [0.15, 0.2) is 36.5 Å². The monoisotopic (exact) mass is 227 g/mol. The number of aryl methyl sites for hydroxylation is 1. The lowest BCUT2D eigenvalue weighted by Gasteiger charge is -2.05. The van der Waals surface area contributed by atoms with Gasteiger partial charge in [-0.25, -0.2) is 14.8 Å². The number of ether oxygens (including phenoxy) is 1. The molecule has 0 saturated heterocycles. The molecule has 0 atom stereocenters. The van der Waals surface area contributed by atoms with E-state index in [0.29, 0.717) is 11.3 Å². The molecule has 1 heterocycles. The highest BCUT2D eigenvalue weighted by atomic mass is 16.5. The van der Waals surface area contributed by atoms with Gasteiger partial charge >= 0.3 is 5.97 Å². The van der Waals surface area contributed by atoms with Crippen LogP contribution in [0.3, 0.4) is 0 Å². The Morgan fingerprint density at radius 3 is 2.82 bits per heavy atom. The van der Waals surface area contributed by atoms with Gasteiger partial charge in [0.05, 0.1) is 11.3 Å². The van der Waals surface area contributed by atoms with Crippen molar-refractivity contribution in [3.05, 3.63) is 59.7 Å². The quantitative estimate of drug-likeness (QED) is 0.752. The molecule has 1 aromatic carbocycles. The summed E-state index contributed by atoms with van der Waals surface area (Å²) in [5.74, 6) is -0.416. The van der Waals surface area contributed by atoms with E-state index >= 15 is 0 Å². The van der Waals surface area contributed by atoms with Crippen LogP contribution in [0.4, 0.5) is 0 Å². The van der Waals surface area contributed by atoms with Crippen molar-refractivity contribution in [1.82, 2.24) is 9.97 Å². The molecule has 0 spiro atoms. The lowest BCUT2D eigenvalue weighted by molar-refractivity contribution is 0.0470. The first-order valence-electron chi connectivity index (χ1n) is 5.18. The third-order valence-electron chi connectivity index (χ3n) is 2.29. The molecular weight excluding hydrogens is 216 g/mol. The zero-order chi connectivity index (χ0) is 12.1. The Morgan fingerprint density at radius 1 is 1.35 bits per heavy atom. The summed E-state index contributed by atoms with van der Waals surface area (Å²) < 4.78 is 5.16. The van der Waals surface area contributed by atoms with E-state index in [-0.39, 0.29) is 6.61 Å². The molecule has 4 nitrogen and oxygen atoms in total. The minimum atomic E-state index is -0.416. The van der Waals surface area contributed by atoms with E-state index in [0.717, 1.165) is 5.56 Å². The summed E-state index contributed by atoms with van der Waals surface area (Å²) in [5.41, 5.74) is 1.89. The SMILES string of the molecule is Cc1n[c]ncc1C(=O)OCc1ccccc1. The van der Waals surface area contributed by atoms with E-state index in [9.17, 15) is 4.79 Å². The lowest BCUT2D eigenvalue weighted by atomic mass is 10.2. The molecular formula is C13H11N2O2. The van der Waals surface area contributed by atoms with Crippen LogP contribution >= 0.6 is 0 Å². The van der Waals surface area contributed by atoms with Gasteiger partial charge in [0.25, 0.3) is 0 Å². The number of rotatable bonds is 3. The second-order valence-electron chi connectivity index (χ2n) is 3.53. The summed E-state index contributed by atoms with van der Waals surface area (Å²) in [5, 5.41) is 0. The molecule has 2 aromatic rings. The first kappa shape index (κ1) is 11.3. The van der Waals surface area contributed by atoms with Crippen LogP contribution in [-0.4, -0.2) is 15.9 Å². The van der Waals surface area contributed by atoms with Gasteiger partial charge in [-0.05, 0) is 12.5 Å². The van der Waals surface area contributed by atoms with Crippen molar-refractivity contribution < 1.29 is 9.53 Å². The molecule has 0 aliphatic rings. The van der Waals surface area contributed by atoms with Crippen LogP contribution in [0.25, 0.3) is 0 Å². The van der Waals surface area contributed by atoms with Gasteiger partial charge in [0.1, 0.15) is 6.61 Å². The van der Waals surface area contributed by atoms with Crippen molar-refractivity contribution in [3.63, 3.8) is 0 Å². The Kier molecular flexibility index (Phi) is 3.45. The zero-order valence-corrected chi connectivity index (χ0v) is 9.38. The highest BCUT2D eigenvalue weighted by molar-refractivity contribution is 5.90. The average molecular weight is 227 g/mol. The molecule has 0 saturated carbocycles. The van der Waals surface area contributed by atoms with E-state index in [1.165, 1.54) is 6.20 Å². The predicted octanol–water partition coefficient (Wildman–Crippen LogP) is 1.94. The Balaban J connectivity index is 2.01. The van der Waals surface area contributed by atoms with E-state index < -0.39 is 5.97 Å². The Labute approximate surface area is 99.3 Å². The topological polar surface area (TPSA) is 52.1 Å². The summed E-state index contributed by atoms with van der Waals surface area (Å²) in [6, 6.07) is 9.51. The molecule has 0 aliphatic carbocycles. The number of nitrogens with zero attached hydrogens (tertiary/aromatic N) is 2. The van der Waals surface area contributed by atoms with Gasteiger partial charge in [-0.2, -0.15) is 0 Å². The highest BCUT2D eigenvalue weighted by Gasteiger charge is 2.11. The van der Waals surface area contributed by atoms with Gasteiger partial charge in [0.2, 0.25) is 0 Å². The van der Waals surface area contributed by atoms with Crippen molar-refractivity contribution in [2.45, 2.75) is 13.5 Å². The van der Waals surface area contributed by atoms with Crippen LogP contribution in [0.2, 0.25) is 0 Å². The molecule has 17 heavy (non-hydrogen) atoms. The number of hydrogen-bond donors (Lipinski definition) is 0. The molecule has 0 aliphatic heterocycles. The van der Waals surface area contributed by atoms with Crippen LogP contribution < -0.4 is 0 Å². The van der Waals surface area contributed by atoms with E-state index in [1.54, 1.807) is 6.92 Å². The molecule has 0 fully saturated rings. The zero-order valence-electron chi connectivity index (χ0n) is 9.38. The fourth-order valence-electron chi connectivity index (χ4n) is 1.35. The van der Waals surface area contributed by atoms with Crippen LogP contribution in [0, 0.1) is 13.3 Å². The summed E-state index contributed by atoms with van der Waals surface area (Å²) in [4.78, 5) is 19.2. The Bertz CT molecular complexity index is 512. The second-order valence-corrected chi connectivity index (χ2v) is 3.53. The van der Waals surface area contributed by atoms with Crippen molar-refractivity contribution in [2.75, 3.05) is 0 Å². The molecule has 0 amide bonds. The number of carbonyl (C=O) groups is 1. The number of aromatic nitrogens is 2. The van der Waals surface area contributed by atoms with Gasteiger partial charge in [0.15, 0.2) is 6.33 Å². The molecule has 0 bridgehead atoms. The lowest BCUT2D eigenvalue weighted by Crippen LogP contribution is -2.08. The molecule has 85 valence electrons. The summed E-state index contributed by atoms with van der Waals surface area (Å²) in [6.45, 7) is 1.97. The summed E-state index contributed by atoms with van der Waals surface area (Å²) in [6.07, 6.45) is 3.83. The van der Waals surface area contributed by atoms with Gasteiger partial charge in [-0.15, -0.1) is 0 Å². The van der Waals surface area contributed by atoms with Crippen molar-refractivity contribution in [1.29, 1.82) is 0 Å². The van der Waals surface area contributed by atoms with Gasteiger partial charge in [-0.3, -0.25) is 0 Å². The molecule has 2 rings (SSSR count). The van der Waals surface area contributed by atoms with Gasteiger partial charge in [0, 0.05) is 6.20 Å². The van der Waals surface area contributed by atoms with Crippen LogP contribution in [0.5, 0.6) is 0 Å². The molecule has 0 unspecified atom stereocenters. The minimum Gasteiger partial charge on any atom is -0.457 e. The highest BCUT2D eigenvalue weighted by Crippen LogP contribution is 2.07. The van der Waals surface area contributed by atoms with Crippen LogP contribution in [0.1, 0.15) is 21.6 Å². The summed E-state index contributed by atoms with van der Waals surface area (Å²) in [7, 11) is 0. The average Bonchev–Trinajstić information content (AvgIpc) is 2.38. The van der Waals surface area contributed by atoms with Gasteiger partial charge < -0.3 is 4.74 Å². The standard InChI is InChI=1S/C13H11N2O2/c1-10-12(7-14-9-15-10)13(16)17-8-11-5-3-2-4-6-11/h2-7H,8H2,1H3. The minimum absolute atomic E-state index is 0.248. The summed E-state index contributed by atoms with van der Waals surface area (Å²) >= 11 is 0. The molecule has 1 aromatic heterocycles. The maximum atomic E-state index is 11.7. The number of benzene rings is 1. The van der Waals surface area contributed by atoms with E-state index in [2.05, 4.69) is 16.3 Å². The first-order chi connectivity index (χ1) is 8.27. The number of carbonyl (C=O) groups excluding carboxylic acids is 1. The van der Waals surface area contributed by atoms with E-state index in [4.69, 9.17) is 4.74 Å². The van der Waals surface area contributed by atoms with Gasteiger partial charge in [-0.1, -0.05) is 30.3 Å². The Morgan fingerprint density at radius 2 is 2.12 bits per heavy atom. The second kappa shape index (κ2) is 5.21. The van der Waals surface area contributed by atoms with E-state index in [1.807, 2.05) is 30.3 Å². The maximum absolute atomic E-state index is 11.7.